The van der Waals surface area contributed by atoms with Gasteiger partial charge >= 0.3 is 6.18 Å². The number of alkyl halides is 3. The summed E-state index contributed by atoms with van der Waals surface area (Å²) < 4.78 is 43.5. The zero-order valence-electron chi connectivity index (χ0n) is 13.2. The first-order valence-electron chi connectivity index (χ1n) is 7.40. The third-order valence-electron chi connectivity index (χ3n) is 3.37. The van der Waals surface area contributed by atoms with E-state index in [2.05, 4.69) is 4.98 Å². The third-order valence-corrected chi connectivity index (χ3v) is 3.37. The molecule has 0 amide bonds. The summed E-state index contributed by atoms with van der Waals surface area (Å²) in [6.07, 6.45) is -4.15. The maximum Gasteiger partial charge on any atom is 0.416 e. The first-order valence-corrected chi connectivity index (χ1v) is 7.40. The molecule has 0 aliphatic heterocycles. The molecule has 1 N–H and O–H groups in total. The van der Waals surface area contributed by atoms with E-state index in [4.69, 9.17) is 4.74 Å². The number of likely N-dealkylation sites (N-methyl/N-ethyl adjacent to an activating group) is 1. The Morgan fingerprint density at radius 1 is 1.21 bits per heavy atom. The molecule has 0 saturated carbocycles. The van der Waals surface area contributed by atoms with Gasteiger partial charge in [-0.3, -0.25) is 0 Å². The number of hydrogen-bond acceptors (Lipinski definition) is 4. The molecule has 1 aromatic heterocycles. The summed E-state index contributed by atoms with van der Waals surface area (Å²) in [7, 11) is 1.57. The van der Waals surface area contributed by atoms with E-state index in [0.29, 0.717) is 6.61 Å². The fraction of sp³-hybridized carbons (Fsp3) is 0.353. The number of ether oxygens (including phenoxy) is 1. The molecule has 1 aromatic carbocycles. The van der Waals surface area contributed by atoms with E-state index in [1.807, 2.05) is 30.3 Å². The normalized spacial score (nSPS) is 12.9. The number of hydrogen-bond donors (Lipinski definition) is 1. The Bertz CT molecular complexity index is 635. The standard InChI is InChI=1S/C17H19F3N2O2/c1-22(16-9-14(7-8-21-16)17(18,19)20)10-15(23)12-24-11-13-5-3-2-4-6-13/h2-9,15,23H,10-12H2,1H3. The molecule has 1 heterocycles. The Morgan fingerprint density at radius 3 is 2.58 bits per heavy atom. The van der Waals surface area contributed by atoms with Gasteiger partial charge in [0.15, 0.2) is 0 Å². The molecular formula is C17H19F3N2O2. The van der Waals surface area contributed by atoms with Crippen LogP contribution in [0.2, 0.25) is 0 Å². The van der Waals surface area contributed by atoms with Crippen molar-refractivity contribution in [3.63, 3.8) is 0 Å². The van der Waals surface area contributed by atoms with Gasteiger partial charge in [-0.15, -0.1) is 0 Å². The zero-order chi connectivity index (χ0) is 17.6. The molecule has 0 radical (unpaired) electrons. The minimum atomic E-state index is -4.42. The van der Waals surface area contributed by atoms with Gasteiger partial charge in [-0.25, -0.2) is 4.98 Å². The van der Waals surface area contributed by atoms with Crippen LogP contribution in [0.3, 0.4) is 0 Å². The average molecular weight is 340 g/mol. The topological polar surface area (TPSA) is 45.6 Å². The van der Waals surface area contributed by atoms with E-state index in [0.717, 1.165) is 23.9 Å². The van der Waals surface area contributed by atoms with Crippen LogP contribution in [0.5, 0.6) is 0 Å². The highest BCUT2D eigenvalue weighted by atomic mass is 19.4. The smallest absolute Gasteiger partial charge is 0.389 e. The van der Waals surface area contributed by atoms with Crippen molar-refractivity contribution in [2.24, 2.45) is 0 Å². The monoisotopic (exact) mass is 340 g/mol. The largest absolute Gasteiger partial charge is 0.416 e. The maximum absolute atomic E-state index is 12.7. The summed E-state index contributed by atoms with van der Waals surface area (Å²) in [4.78, 5) is 5.37. The van der Waals surface area contributed by atoms with Gasteiger partial charge < -0.3 is 14.7 Å². The lowest BCUT2D eigenvalue weighted by Crippen LogP contribution is -2.32. The first-order chi connectivity index (χ1) is 11.4. The van der Waals surface area contributed by atoms with Crippen LogP contribution in [0.15, 0.2) is 48.7 Å². The molecule has 24 heavy (non-hydrogen) atoms. The second kappa shape index (κ2) is 8.12. The summed E-state index contributed by atoms with van der Waals surface area (Å²) in [6.45, 7) is 0.560. The van der Waals surface area contributed by atoms with Gasteiger partial charge in [0, 0.05) is 19.8 Å². The van der Waals surface area contributed by atoms with Crippen LogP contribution in [-0.4, -0.2) is 36.4 Å². The molecule has 2 aromatic rings. The number of aliphatic hydroxyl groups excluding tert-OH is 1. The van der Waals surface area contributed by atoms with E-state index >= 15 is 0 Å². The number of anilines is 1. The second-order valence-corrected chi connectivity index (χ2v) is 5.44. The van der Waals surface area contributed by atoms with Crippen molar-refractivity contribution < 1.29 is 23.0 Å². The van der Waals surface area contributed by atoms with E-state index in [1.54, 1.807) is 7.05 Å². The Kier molecular flexibility index (Phi) is 6.16. The van der Waals surface area contributed by atoms with Crippen LogP contribution in [0.1, 0.15) is 11.1 Å². The van der Waals surface area contributed by atoms with Gasteiger partial charge in [-0.2, -0.15) is 13.2 Å². The minimum absolute atomic E-state index is 0.0815. The van der Waals surface area contributed by atoms with Crippen LogP contribution in [-0.2, 0) is 17.5 Å². The molecule has 130 valence electrons. The molecule has 7 heteroatoms. The van der Waals surface area contributed by atoms with Crippen LogP contribution in [0.4, 0.5) is 19.0 Å². The van der Waals surface area contributed by atoms with Crippen molar-refractivity contribution in [3.05, 3.63) is 59.8 Å². The van der Waals surface area contributed by atoms with Crippen LogP contribution in [0, 0.1) is 0 Å². The molecule has 0 aliphatic rings. The molecule has 4 nitrogen and oxygen atoms in total. The highest BCUT2D eigenvalue weighted by Crippen LogP contribution is 2.30. The first kappa shape index (κ1) is 18.2. The average Bonchev–Trinajstić information content (AvgIpc) is 2.55. The lowest BCUT2D eigenvalue weighted by molar-refractivity contribution is -0.137. The molecule has 1 atom stereocenters. The number of aliphatic hydroxyl groups is 1. The summed E-state index contributed by atoms with van der Waals surface area (Å²) in [5.41, 5.74) is 0.215. The summed E-state index contributed by atoms with van der Waals surface area (Å²) >= 11 is 0. The number of nitrogens with zero attached hydrogens (tertiary/aromatic N) is 2. The van der Waals surface area contributed by atoms with Crippen molar-refractivity contribution in [2.45, 2.75) is 18.9 Å². The van der Waals surface area contributed by atoms with Gasteiger partial charge in [0.1, 0.15) is 5.82 Å². The van der Waals surface area contributed by atoms with Crippen molar-refractivity contribution >= 4 is 5.82 Å². The van der Waals surface area contributed by atoms with Crippen LogP contribution in [0.25, 0.3) is 0 Å². The van der Waals surface area contributed by atoms with Crippen LogP contribution < -0.4 is 4.90 Å². The second-order valence-electron chi connectivity index (χ2n) is 5.44. The molecule has 1 unspecified atom stereocenters. The number of benzene rings is 1. The van der Waals surface area contributed by atoms with Gasteiger partial charge in [-0.1, -0.05) is 30.3 Å². The fourth-order valence-electron chi connectivity index (χ4n) is 2.15. The summed E-state index contributed by atoms with van der Waals surface area (Å²) in [5.74, 6) is 0.145. The molecule has 0 saturated heterocycles. The molecule has 0 spiro atoms. The molecule has 0 aliphatic carbocycles. The van der Waals surface area contributed by atoms with Gasteiger partial charge in [0.05, 0.1) is 24.9 Å². The molecule has 0 fully saturated rings. The van der Waals surface area contributed by atoms with Crippen molar-refractivity contribution in [1.82, 2.24) is 4.98 Å². The SMILES string of the molecule is CN(CC(O)COCc1ccccc1)c1cc(C(F)(F)F)ccn1. The van der Waals surface area contributed by atoms with E-state index in [1.165, 1.54) is 4.90 Å². The Balaban J connectivity index is 1.84. The highest BCUT2D eigenvalue weighted by molar-refractivity contribution is 5.41. The van der Waals surface area contributed by atoms with Gasteiger partial charge in [-0.05, 0) is 17.7 Å². The predicted octanol–water partition coefficient (Wildman–Crippen LogP) is 3.11. The third kappa shape index (κ3) is 5.50. The van der Waals surface area contributed by atoms with Crippen LogP contribution >= 0.6 is 0 Å². The molecular weight excluding hydrogens is 321 g/mol. The number of rotatable bonds is 7. The Labute approximate surface area is 138 Å². The van der Waals surface area contributed by atoms with E-state index in [9.17, 15) is 18.3 Å². The van der Waals surface area contributed by atoms with E-state index in [-0.39, 0.29) is 19.0 Å². The van der Waals surface area contributed by atoms with Crippen molar-refractivity contribution in [2.75, 3.05) is 25.1 Å². The maximum atomic E-state index is 12.7. The summed E-state index contributed by atoms with van der Waals surface area (Å²) in [6, 6.07) is 11.4. The lowest BCUT2D eigenvalue weighted by Gasteiger charge is -2.22. The van der Waals surface area contributed by atoms with Crippen molar-refractivity contribution in [1.29, 1.82) is 0 Å². The summed E-state index contributed by atoms with van der Waals surface area (Å²) in [5, 5.41) is 9.97. The zero-order valence-corrected chi connectivity index (χ0v) is 13.2. The number of pyridine rings is 1. The number of halogens is 3. The Hall–Kier alpha value is -2.12. The minimum Gasteiger partial charge on any atom is -0.389 e. The lowest BCUT2D eigenvalue weighted by atomic mass is 10.2. The molecule has 2 rings (SSSR count). The molecule has 0 bridgehead atoms. The highest BCUT2D eigenvalue weighted by Gasteiger charge is 2.31. The van der Waals surface area contributed by atoms with Gasteiger partial charge in [0.2, 0.25) is 0 Å². The predicted molar refractivity (Wildman–Crippen MR) is 84.6 cm³/mol. The quantitative estimate of drug-likeness (QED) is 0.841. The van der Waals surface area contributed by atoms with Gasteiger partial charge in [0.25, 0.3) is 0 Å². The van der Waals surface area contributed by atoms with E-state index < -0.39 is 17.8 Å². The Morgan fingerprint density at radius 2 is 1.92 bits per heavy atom. The number of aromatic nitrogens is 1. The fourth-order valence-corrected chi connectivity index (χ4v) is 2.15. The van der Waals surface area contributed by atoms with Crippen molar-refractivity contribution in [3.8, 4) is 0 Å².